The molecule has 4 nitrogen and oxygen atoms in total. The van der Waals surface area contributed by atoms with Gasteiger partial charge in [-0.25, -0.2) is 4.68 Å². The molecule has 20 heavy (non-hydrogen) atoms. The summed E-state index contributed by atoms with van der Waals surface area (Å²) in [7, 11) is 3.68. The quantitative estimate of drug-likeness (QED) is 0.674. The molecule has 1 aliphatic carbocycles. The average molecular weight is 351 g/mol. The molecular weight excluding hydrogens is 327 g/mol. The first kappa shape index (κ1) is 19.8. The van der Waals surface area contributed by atoms with Crippen LogP contribution in [0.5, 0.6) is 0 Å². The number of aryl methyl sites for hydroxylation is 1. The van der Waals surface area contributed by atoms with Crippen molar-refractivity contribution in [1.82, 2.24) is 14.7 Å². The van der Waals surface area contributed by atoms with Crippen LogP contribution in [0.1, 0.15) is 54.9 Å². The summed E-state index contributed by atoms with van der Waals surface area (Å²) in [6.07, 6.45) is 5.16. The van der Waals surface area contributed by atoms with Crippen molar-refractivity contribution in [3.8, 4) is 0 Å². The van der Waals surface area contributed by atoms with Crippen LogP contribution in [0.3, 0.4) is 0 Å². The second-order valence-electron chi connectivity index (χ2n) is 4.32. The first-order valence-electron chi connectivity index (χ1n) is 6.98. The SMILES string of the molecule is CC.[CH2-]C[CH2-].[CH2-]N1Cn2nc3c(c2C1=O)CCCC3.[Y+3]. The van der Waals surface area contributed by atoms with E-state index >= 15 is 0 Å². The molecule has 0 saturated heterocycles. The van der Waals surface area contributed by atoms with Crippen molar-refractivity contribution in [2.45, 2.75) is 52.6 Å². The molecule has 5 heteroatoms. The van der Waals surface area contributed by atoms with Crippen molar-refractivity contribution < 1.29 is 37.5 Å². The Bertz CT molecular complexity index is 429. The summed E-state index contributed by atoms with van der Waals surface area (Å²) in [6.45, 7) is 11.3. The van der Waals surface area contributed by atoms with Crippen molar-refractivity contribution >= 4 is 5.91 Å². The van der Waals surface area contributed by atoms with E-state index in [1.54, 1.807) is 4.68 Å². The number of nitrogens with zero attached hydrogens (tertiary/aromatic N) is 3. The van der Waals surface area contributed by atoms with Crippen molar-refractivity contribution in [2.75, 3.05) is 0 Å². The largest absolute Gasteiger partial charge is 3.00 e. The zero-order valence-corrected chi connectivity index (χ0v) is 15.5. The second kappa shape index (κ2) is 9.67. The molecule has 2 heterocycles. The van der Waals surface area contributed by atoms with Gasteiger partial charge < -0.3 is 25.2 Å². The molecule has 0 spiro atoms. The molecule has 1 amide bonds. The molecule has 0 aromatic carbocycles. The number of amides is 1. The number of hydrogen-bond acceptors (Lipinski definition) is 2. The first-order chi connectivity index (χ1) is 9.19. The van der Waals surface area contributed by atoms with Gasteiger partial charge in [-0.3, -0.25) is 11.8 Å². The van der Waals surface area contributed by atoms with Gasteiger partial charge in [-0.05, 0) is 25.7 Å². The van der Waals surface area contributed by atoms with Gasteiger partial charge in [-0.2, -0.15) is 5.10 Å². The first-order valence-corrected chi connectivity index (χ1v) is 6.98. The molecule has 0 atom stereocenters. The molecule has 1 aromatic rings. The van der Waals surface area contributed by atoms with Gasteiger partial charge in [0.05, 0.1) is 12.4 Å². The van der Waals surface area contributed by atoms with Crippen LogP contribution >= 0.6 is 0 Å². The van der Waals surface area contributed by atoms with Gasteiger partial charge in [-0.1, -0.05) is 13.8 Å². The molecule has 3 rings (SSSR count). The molecule has 0 radical (unpaired) electrons. The van der Waals surface area contributed by atoms with Crippen LogP contribution in [-0.4, -0.2) is 20.6 Å². The third-order valence-corrected chi connectivity index (χ3v) is 3.02. The molecule has 0 fully saturated rings. The van der Waals surface area contributed by atoms with E-state index in [0.29, 0.717) is 6.67 Å². The number of carbonyl (C=O) groups is 1. The smallest absolute Gasteiger partial charge is 0.473 e. The van der Waals surface area contributed by atoms with Crippen molar-refractivity contribution in [3.63, 3.8) is 0 Å². The van der Waals surface area contributed by atoms with Crippen LogP contribution in [0.4, 0.5) is 0 Å². The molecule has 0 bridgehead atoms. The van der Waals surface area contributed by atoms with Crippen molar-refractivity contribution in [1.29, 1.82) is 0 Å². The van der Waals surface area contributed by atoms with Crippen molar-refractivity contribution in [2.24, 2.45) is 0 Å². The predicted molar refractivity (Wildman–Crippen MR) is 77.1 cm³/mol. The molecule has 0 N–H and O–H groups in total. The monoisotopic (exact) mass is 351 g/mol. The van der Waals surface area contributed by atoms with E-state index in [1.807, 2.05) is 13.8 Å². The molecule has 1 aromatic heterocycles. The van der Waals surface area contributed by atoms with E-state index in [4.69, 9.17) is 0 Å². The number of aromatic nitrogens is 2. The van der Waals surface area contributed by atoms with Crippen molar-refractivity contribution in [3.05, 3.63) is 37.8 Å². The third kappa shape index (κ3) is 4.14. The maximum Gasteiger partial charge on any atom is 3.00 e. The standard InChI is InChI=1S/C10H12N3O.C3H6.C2H6.Y/c1-12-6-13-9(10(12)14)7-4-2-3-5-8(7)11-13;1-3-2;1-2;/h1-6H2;1-3H2;1-2H3;/q-1;-2;;+3. The summed E-state index contributed by atoms with van der Waals surface area (Å²) < 4.78 is 1.80. The van der Waals surface area contributed by atoms with Gasteiger partial charge in [0, 0.05) is 5.56 Å². The summed E-state index contributed by atoms with van der Waals surface area (Å²) in [5.41, 5.74) is 3.09. The van der Waals surface area contributed by atoms with E-state index in [9.17, 15) is 4.79 Å². The minimum atomic E-state index is 0. The third-order valence-electron chi connectivity index (χ3n) is 3.02. The van der Waals surface area contributed by atoms with Crippen LogP contribution < -0.4 is 0 Å². The summed E-state index contributed by atoms with van der Waals surface area (Å²) >= 11 is 0. The Morgan fingerprint density at radius 3 is 2.35 bits per heavy atom. The molecule has 0 unspecified atom stereocenters. The van der Waals surface area contributed by atoms with Gasteiger partial charge in [0.1, 0.15) is 5.69 Å². The topological polar surface area (TPSA) is 38.1 Å². The number of carbonyl (C=O) groups excluding carboxylic acids is 1. The Morgan fingerprint density at radius 2 is 1.75 bits per heavy atom. The Morgan fingerprint density at radius 1 is 1.20 bits per heavy atom. The molecular formula is C15H24N3OY. The number of fused-ring (bicyclic) bond motifs is 3. The van der Waals surface area contributed by atoms with Crippen LogP contribution in [-0.2, 0) is 52.2 Å². The minimum absolute atomic E-state index is 0. The van der Waals surface area contributed by atoms with E-state index in [2.05, 4.69) is 26.0 Å². The van der Waals surface area contributed by atoms with E-state index < -0.39 is 0 Å². The van der Waals surface area contributed by atoms with Gasteiger partial charge in [-0.15, -0.1) is 0 Å². The second-order valence-corrected chi connectivity index (χ2v) is 4.32. The van der Waals surface area contributed by atoms with Gasteiger partial charge in [0.2, 0.25) is 5.91 Å². The van der Waals surface area contributed by atoms with Gasteiger partial charge in [0.15, 0.2) is 0 Å². The summed E-state index contributed by atoms with van der Waals surface area (Å²) in [6, 6.07) is 0. The molecule has 0 saturated carbocycles. The fraction of sp³-hybridized carbons (Fsp3) is 0.533. The minimum Gasteiger partial charge on any atom is -0.473 e. The number of hydrogen-bond donors (Lipinski definition) is 0. The Hall–Kier alpha value is -0.216. The normalized spacial score (nSPS) is 15.1. The van der Waals surface area contributed by atoms with Gasteiger partial charge in [0.25, 0.3) is 0 Å². The maximum absolute atomic E-state index is 11.7. The summed E-state index contributed by atoms with van der Waals surface area (Å²) in [4.78, 5) is 13.2. The zero-order chi connectivity index (χ0) is 14.4. The fourth-order valence-electron chi connectivity index (χ4n) is 2.32. The van der Waals surface area contributed by atoms with Crippen LogP contribution in [0.2, 0.25) is 0 Å². The summed E-state index contributed by atoms with van der Waals surface area (Å²) in [5.74, 6) is 0.0284. The Kier molecular flexibility index (Phi) is 9.57. The Labute approximate surface area is 148 Å². The van der Waals surface area contributed by atoms with E-state index in [1.165, 1.54) is 23.3 Å². The Balaban J connectivity index is 0.000000540. The van der Waals surface area contributed by atoms with Gasteiger partial charge >= 0.3 is 32.7 Å². The summed E-state index contributed by atoms with van der Waals surface area (Å²) in [5, 5.41) is 4.45. The van der Waals surface area contributed by atoms with Crippen LogP contribution in [0.25, 0.3) is 0 Å². The predicted octanol–water partition coefficient (Wildman–Crippen LogP) is 3.04. The average Bonchev–Trinajstić information content (AvgIpc) is 2.90. The number of rotatable bonds is 0. The zero-order valence-electron chi connectivity index (χ0n) is 12.7. The van der Waals surface area contributed by atoms with E-state index in [-0.39, 0.29) is 38.6 Å². The molecule has 1 aliphatic heterocycles. The molecule has 108 valence electrons. The molecule has 2 aliphatic rings. The van der Waals surface area contributed by atoms with Crippen LogP contribution in [0, 0.1) is 20.9 Å². The maximum atomic E-state index is 11.7. The van der Waals surface area contributed by atoms with Crippen LogP contribution in [0.15, 0.2) is 0 Å². The fourth-order valence-corrected chi connectivity index (χ4v) is 2.32. The van der Waals surface area contributed by atoms with E-state index in [0.717, 1.165) is 30.7 Å².